The average molecular weight is 391 g/mol. The highest BCUT2D eigenvalue weighted by molar-refractivity contribution is 6.10. The van der Waals surface area contributed by atoms with Crippen molar-refractivity contribution in [1.82, 2.24) is 0 Å². The lowest BCUT2D eigenvalue weighted by molar-refractivity contribution is -0.660. The minimum absolute atomic E-state index is 0.880. The van der Waals surface area contributed by atoms with E-state index < -0.39 is 0 Å². The molecule has 0 spiro atoms. The van der Waals surface area contributed by atoms with Crippen LogP contribution in [0.1, 0.15) is 16.7 Å². The largest absolute Gasteiger partial charge is 0.455 e. The molecule has 0 atom stereocenters. The Bertz CT molecular complexity index is 1400. The molecule has 2 nitrogen and oxygen atoms in total. The molecule has 0 fully saturated rings. The summed E-state index contributed by atoms with van der Waals surface area (Å²) in [6.45, 7) is 6.23. The smallest absolute Gasteiger partial charge is 0.216 e. The van der Waals surface area contributed by atoms with Gasteiger partial charge in [-0.05, 0) is 53.8 Å². The van der Waals surface area contributed by atoms with Crippen LogP contribution >= 0.6 is 0 Å². The van der Waals surface area contributed by atoms with Crippen molar-refractivity contribution in [2.24, 2.45) is 7.05 Å². The van der Waals surface area contributed by atoms with Crippen molar-refractivity contribution in [2.75, 3.05) is 0 Å². The van der Waals surface area contributed by atoms with E-state index in [1.54, 1.807) is 0 Å². The summed E-state index contributed by atoms with van der Waals surface area (Å²) in [5.74, 6) is 0. The number of aromatic nitrogens is 1. The van der Waals surface area contributed by atoms with Crippen LogP contribution in [0.4, 0.5) is 0 Å². The van der Waals surface area contributed by atoms with Crippen LogP contribution in [-0.2, 0) is 13.5 Å². The van der Waals surface area contributed by atoms with Crippen molar-refractivity contribution >= 4 is 28.0 Å². The topological polar surface area (TPSA) is 17.0 Å². The second kappa shape index (κ2) is 7.31. The monoisotopic (exact) mass is 390 g/mol. The Labute approximate surface area is 176 Å². The first-order valence-corrected chi connectivity index (χ1v) is 10.3. The van der Waals surface area contributed by atoms with Crippen molar-refractivity contribution in [3.8, 4) is 11.3 Å². The Kier molecular flexibility index (Phi) is 4.48. The molecule has 0 unspecified atom stereocenters. The van der Waals surface area contributed by atoms with Crippen LogP contribution in [-0.4, -0.2) is 0 Å². The maximum absolute atomic E-state index is 6.49. The molecule has 146 valence electrons. The van der Waals surface area contributed by atoms with Crippen LogP contribution in [0, 0.1) is 6.92 Å². The molecule has 0 bridgehead atoms. The zero-order valence-corrected chi connectivity index (χ0v) is 17.4. The Morgan fingerprint density at radius 1 is 0.967 bits per heavy atom. The molecule has 0 aliphatic heterocycles. The molecule has 1 aliphatic rings. The second-order valence-electron chi connectivity index (χ2n) is 7.88. The van der Waals surface area contributed by atoms with Gasteiger partial charge in [0, 0.05) is 22.9 Å². The van der Waals surface area contributed by atoms with Crippen molar-refractivity contribution in [3.05, 3.63) is 108 Å². The summed E-state index contributed by atoms with van der Waals surface area (Å²) < 4.78 is 8.64. The zero-order chi connectivity index (χ0) is 20.7. The van der Waals surface area contributed by atoms with Gasteiger partial charge >= 0.3 is 0 Å². The molecular formula is C28H24NO+. The number of aryl methyl sites for hydroxylation is 2. The number of rotatable bonds is 1. The van der Waals surface area contributed by atoms with Gasteiger partial charge in [0.25, 0.3) is 0 Å². The summed E-state index contributed by atoms with van der Waals surface area (Å²) in [5.41, 5.74) is 8.81. The van der Waals surface area contributed by atoms with E-state index in [9.17, 15) is 0 Å². The van der Waals surface area contributed by atoms with Crippen molar-refractivity contribution in [3.63, 3.8) is 0 Å². The summed E-state index contributed by atoms with van der Waals surface area (Å²) >= 11 is 0. The van der Waals surface area contributed by atoms with Crippen molar-refractivity contribution in [2.45, 2.75) is 13.3 Å². The third-order valence-corrected chi connectivity index (χ3v) is 5.79. The number of nitrogens with zero attached hydrogens (tertiary/aromatic N) is 1. The van der Waals surface area contributed by atoms with E-state index in [4.69, 9.17) is 4.42 Å². The maximum Gasteiger partial charge on any atom is 0.216 e. The molecule has 5 rings (SSSR count). The van der Waals surface area contributed by atoms with E-state index in [2.05, 4.69) is 92.0 Å². The SMILES string of the molecule is C=C1/C=C\C=C/Cc2cc3c(cc2/C=C\1)oc1c(-c2cccc[n+]2C)c(C)ccc13. The van der Waals surface area contributed by atoms with Gasteiger partial charge in [-0.3, -0.25) is 0 Å². The van der Waals surface area contributed by atoms with Crippen LogP contribution in [0.5, 0.6) is 0 Å². The molecule has 0 N–H and O–H groups in total. The Morgan fingerprint density at radius 3 is 2.73 bits per heavy atom. The van der Waals surface area contributed by atoms with Gasteiger partial charge in [-0.1, -0.05) is 55.2 Å². The molecular weight excluding hydrogens is 366 g/mol. The maximum atomic E-state index is 6.49. The zero-order valence-electron chi connectivity index (χ0n) is 17.4. The van der Waals surface area contributed by atoms with Gasteiger partial charge in [-0.15, -0.1) is 0 Å². The van der Waals surface area contributed by atoms with Gasteiger partial charge in [-0.2, -0.15) is 0 Å². The number of pyridine rings is 1. The van der Waals surface area contributed by atoms with Gasteiger partial charge in [0.15, 0.2) is 6.20 Å². The van der Waals surface area contributed by atoms with Gasteiger partial charge in [0.05, 0.1) is 5.56 Å². The standard InChI is InChI=1S/C28H24NO/c1-19-9-5-4-6-10-21-17-24-23-15-13-20(2)27(25-11-7-8-16-29(25)3)28(23)30-26(24)18-22(21)14-12-19/h4-9,11-18H,1,10H2,2-3H3/q+1/b6-4-,9-5-,14-12-. The fourth-order valence-electron chi connectivity index (χ4n) is 4.18. The third-order valence-electron chi connectivity index (χ3n) is 5.79. The van der Waals surface area contributed by atoms with E-state index >= 15 is 0 Å². The summed E-state index contributed by atoms with van der Waals surface area (Å²) in [4.78, 5) is 0. The van der Waals surface area contributed by atoms with Gasteiger partial charge < -0.3 is 4.42 Å². The van der Waals surface area contributed by atoms with Crippen molar-refractivity contribution < 1.29 is 8.98 Å². The molecule has 2 aromatic carbocycles. The van der Waals surface area contributed by atoms with Gasteiger partial charge in [0.1, 0.15) is 18.2 Å². The average Bonchev–Trinajstić information content (AvgIpc) is 3.09. The highest BCUT2D eigenvalue weighted by atomic mass is 16.3. The summed E-state index contributed by atoms with van der Waals surface area (Å²) in [7, 11) is 2.08. The number of furan rings is 1. The molecule has 30 heavy (non-hydrogen) atoms. The van der Waals surface area contributed by atoms with Crippen LogP contribution in [0.15, 0.2) is 95.6 Å². The molecule has 1 aliphatic carbocycles. The van der Waals surface area contributed by atoms with Crippen LogP contribution < -0.4 is 4.57 Å². The first kappa shape index (κ1) is 18.4. The van der Waals surface area contributed by atoms with Gasteiger partial charge in [-0.25, -0.2) is 4.57 Å². The molecule has 0 saturated carbocycles. The quantitative estimate of drug-likeness (QED) is 0.334. The summed E-state index contributed by atoms with van der Waals surface area (Å²) in [6.07, 6.45) is 15.5. The highest BCUT2D eigenvalue weighted by Crippen LogP contribution is 2.38. The van der Waals surface area contributed by atoms with Crippen molar-refractivity contribution in [1.29, 1.82) is 0 Å². The Balaban J connectivity index is 1.79. The number of fused-ring (bicyclic) bond motifs is 4. The van der Waals surface area contributed by atoms with E-state index in [0.29, 0.717) is 0 Å². The lowest BCUT2D eigenvalue weighted by Crippen LogP contribution is -2.30. The molecule has 2 heterocycles. The van der Waals surface area contributed by atoms with E-state index in [1.807, 2.05) is 18.2 Å². The predicted octanol–water partition coefficient (Wildman–Crippen LogP) is 6.62. The minimum atomic E-state index is 0.880. The predicted molar refractivity (Wildman–Crippen MR) is 125 cm³/mol. The minimum Gasteiger partial charge on any atom is -0.455 e. The lowest BCUT2D eigenvalue weighted by atomic mass is 9.97. The Hall–Kier alpha value is -3.65. The Morgan fingerprint density at radius 2 is 1.87 bits per heavy atom. The van der Waals surface area contributed by atoms with E-state index in [0.717, 1.165) is 45.2 Å². The van der Waals surface area contributed by atoms with Crippen LogP contribution in [0.2, 0.25) is 0 Å². The molecule has 0 amide bonds. The van der Waals surface area contributed by atoms with Crippen LogP contribution in [0.25, 0.3) is 39.3 Å². The molecule has 0 saturated heterocycles. The third kappa shape index (κ3) is 3.11. The first-order valence-electron chi connectivity index (χ1n) is 10.3. The van der Waals surface area contributed by atoms with E-state index in [1.165, 1.54) is 16.7 Å². The normalized spacial score (nSPS) is 17.1. The number of hydrogen-bond donors (Lipinski definition) is 0. The van der Waals surface area contributed by atoms with Gasteiger partial charge in [0.2, 0.25) is 5.69 Å². The van der Waals surface area contributed by atoms with E-state index in [-0.39, 0.29) is 0 Å². The molecule has 2 aromatic heterocycles. The lowest BCUT2D eigenvalue weighted by Gasteiger charge is -2.06. The number of benzene rings is 2. The number of allylic oxidation sites excluding steroid dienone is 6. The molecule has 2 heteroatoms. The first-order chi connectivity index (χ1) is 14.6. The summed E-state index contributed by atoms with van der Waals surface area (Å²) in [6, 6.07) is 15.1. The molecule has 4 aromatic rings. The van der Waals surface area contributed by atoms with Crippen LogP contribution in [0.3, 0.4) is 0 Å². The molecule has 0 radical (unpaired) electrons. The summed E-state index contributed by atoms with van der Waals surface area (Å²) in [5, 5.41) is 2.32. The highest BCUT2D eigenvalue weighted by Gasteiger charge is 2.20. The second-order valence-corrected chi connectivity index (χ2v) is 7.88. The fraction of sp³-hybridized carbons (Fsp3) is 0.107. The fourth-order valence-corrected chi connectivity index (χ4v) is 4.18. The number of hydrogen-bond acceptors (Lipinski definition) is 1.